The third-order valence-electron chi connectivity index (χ3n) is 3.08. The summed E-state index contributed by atoms with van der Waals surface area (Å²) in [5.41, 5.74) is 2.38. The van der Waals surface area contributed by atoms with Crippen LogP contribution in [0.25, 0.3) is 0 Å². The molecule has 3 nitrogen and oxygen atoms in total. The molecule has 0 saturated heterocycles. The normalized spacial score (nSPS) is 10.2. The topological polar surface area (TPSA) is 30.5 Å². The summed E-state index contributed by atoms with van der Waals surface area (Å²) in [6, 6.07) is 10.8. The molecule has 0 aromatic heterocycles. The van der Waals surface area contributed by atoms with E-state index < -0.39 is 0 Å². The van der Waals surface area contributed by atoms with Gasteiger partial charge in [0.15, 0.2) is 0 Å². The molecule has 0 bridgehead atoms. The number of benzene rings is 2. The lowest BCUT2D eigenvalue weighted by Crippen LogP contribution is -2.01. The molecular formula is C16H18FNO2. The Labute approximate surface area is 118 Å². The molecule has 0 saturated carbocycles. The van der Waals surface area contributed by atoms with Gasteiger partial charge in [0.1, 0.15) is 17.3 Å². The van der Waals surface area contributed by atoms with Crippen LogP contribution in [0.4, 0.5) is 10.1 Å². The van der Waals surface area contributed by atoms with Crippen LogP contribution in [0.3, 0.4) is 0 Å². The van der Waals surface area contributed by atoms with Gasteiger partial charge in [-0.1, -0.05) is 6.07 Å². The molecule has 1 N–H and O–H groups in total. The summed E-state index contributed by atoms with van der Waals surface area (Å²) < 4.78 is 23.9. The number of aryl methyl sites for hydroxylation is 1. The second-order valence-electron chi connectivity index (χ2n) is 4.54. The Morgan fingerprint density at radius 1 is 1.00 bits per heavy atom. The van der Waals surface area contributed by atoms with Crippen LogP contribution in [0.2, 0.25) is 0 Å². The van der Waals surface area contributed by atoms with Crippen LogP contribution in [-0.2, 0) is 6.54 Å². The number of hydrogen-bond donors (Lipinski definition) is 1. The van der Waals surface area contributed by atoms with E-state index >= 15 is 0 Å². The van der Waals surface area contributed by atoms with Gasteiger partial charge in [0.2, 0.25) is 0 Å². The molecule has 0 aliphatic rings. The highest BCUT2D eigenvalue weighted by Crippen LogP contribution is 2.23. The number of anilines is 1. The highest BCUT2D eigenvalue weighted by molar-refractivity contribution is 5.47. The molecule has 0 unspecified atom stereocenters. The van der Waals surface area contributed by atoms with E-state index in [1.165, 1.54) is 6.07 Å². The van der Waals surface area contributed by atoms with E-state index in [1.807, 2.05) is 24.3 Å². The van der Waals surface area contributed by atoms with Crippen LogP contribution in [-0.4, -0.2) is 14.2 Å². The lowest BCUT2D eigenvalue weighted by molar-refractivity contribution is 0.393. The minimum atomic E-state index is -0.210. The summed E-state index contributed by atoms with van der Waals surface area (Å²) in [7, 11) is 3.22. The first-order valence-electron chi connectivity index (χ1n) is 6.34. The quantitative estimate of drug-likeness (QED) is 0.901. The number of rotatable bonds is 5. The molecular weight excluding hydrogens is 257 g/mol. The fourth-order valence-electron chi connectivity index (χ4n) is 1.88. The molecule has 20 heavy (non-hydrogen) atoms. The van der Waals surface area contributed by atoms with Gasteiger partial charge < -0.3 is 14.8 Å². The van der Waals surface area contributed by atoms with Gasteiger partial charge in [-0.3, -0.25) is 0 Å². The Kier molecular flexibility index (Phi) is 4.45. The molecule has 0 radical (unpaired) electrons. The summed E-state index contributed by atoms with van der Waals surface area (Å²) in [6.45, 7) is 2.31. The van der Waals surface area contributed by atoms with Crippen molar-refractivity contribution in [2.45, 2.75) is 13.5 Å². The molecule has 4 heteroatoms. The predicted molar refractivity (Wildman–Crippen MR) is 78.0 cm³/mol. The van der Waals surface area contributed by atoms with Crippen molar-refractivity contribution in [3.63, 3.8) is 0 Å². The molecule has 0 aliphatic carbocycles. The Morgan fingerprint density at radius 3 is 2.20 bits per heavy atom. The molecule has 0 fully saturated rings. The van der Waals surface area contributed by atoms with Crippen LogP contribution in [0.1, 0.15) is 11.1 Å². The molecule has 2 aromatic rings. The van der Waals surface area contributed by atoms with Gasteiger partial charge >= 0.3 is 0 Å². The smallest absolute Gasteiger partial charge is 0.128 e. The van der Waals surface area contributed by atoms with Gasteiger partial charge in [-0.2, -0.15) is 0 Å². The standard InChI is InChI=1S/C16H18FNO2/c1-11-4-5-13(8-16(11)17)18-10-12-6-14(19-2)9-15(7-12)20-3/h4-9,18H,10H2,1-3H3. The van der Waals surface area contributed by atoms with Crippen molar-refractivity contribution < 1.29 is 13.9 Å². The van der Waals surface area contributed by atoms with E-state index in [-0.39, 0.29) is 5.82 Å². The average molecular weight is 275 g/mol. The van der Waals surface area contributed by atoms with Crippen molar-refractivity contribution in [3.05, 3.63) is 53.3 Å². The van der Waals surface area contributed by atoms with Gasteiger partial charge in [0.25, 0.3) is 0 Å². The molecule has 2 aromatic carbocycles. The first kappa shape index (κ1) is 14.2. The Morgan fingerprint density at radius 2 is 1.65 bits per heavy atom. The molecule has 0 amide bonds. The van der Waals surface area contributed by atoms with Crippen molar-refractivity contribution in [2.75, 3.05) is 19.5 Å². The third kappa shape index (κ3) is 3.41. The minimum Gasteiger partial charge on any atom is -0.497 e. The van der Waals surface area contributed by atoms with Gasteiger partial charge in [-0.15, -0.1) is 0 Å². The molecule has 0 spiro atoms. The molecule has 106 valence electrons. The molecule has 0 aliphatic heterocycles. The van der Waals surface area contributed by atoms with Gasteiger partial charge in [0, 0.05) is 18.3 Å². The van der Waals surface area contributed by atoms with E-state index in [4.69, 9.17) is 9.47 Å². The van der Waals surface area contributed by atoms with E-state index in [1.54, 1.807) is 27.2 Å². The lowest BCUT2D eigenvalue weighted by Gasteiger charge is -2.11. The zero-order valence-corrected chi connectivity index (χ0v) is 11.9. The summed E-state index contributed by atoms with van der Waals surface area (Å²) in [6.07, 6.45) is 0. The Hall–Kier alpha value is -2.23. The van der Waals surface area contributed by atoms with E-state index in [0.717, 1.165) is 22.7 Å². The van der Waals surface area contributed by atoms with Gasteiger partial charge in [-0.25, -0.2) is 4.39 Å². The summed E-state index contributed by atoms with van der Waals surface area (Å²) >= 11 is 0. The highest BCUT2D eigenvalue weighted by Gasteiger charge is 2.03. The summed E-state index contributed by atoms with van der Waals surface area (Å²) in [4.78, 5) is 0. The second kappa shape index (κ2) is 6.28. The second-order valence-corrected chi connectivity index (χ2v) is 4.54. The number of methoxy groups -OCH3 is 2. The summed E-state index contributed by atoms with van der Waals surface area (Å²) in [5, 5.41) is 3.18. The van der Waals surface area contributed by atoms with Crippen LogP contribution in [0, 0.1) is 12.7 Å². The summed E-state index contributed by atoms with van der Waals surface area (Å²) in [5.74, 6) is 1.26. The Bertz CT molecular complexity index is 577. The lowest BCUT2D eigenvalue weighted by atomic mass is 10.1. The van der Waals surface area contributed by atoms with E-state index in [9.17, 15) is 4.39 Å². The zero-order valence-electron chi connectivity index (χ0n) is 11.9. The number of halogens is 1. The van der Waals surface area contributed by atoms with E-state index in [2.05, 4.69) is 5.32 Å². The average Bonchev–Trinajstić information content (AvgIpc) is 2.48. The maximum absolute atomic E-state index is 13.5. The van der Waals surface area contributed by atoms with Gasteiger partial charge in [0.05, 0.1) is 14.2 Å². The van der Waals surface area contributed by atoms with Crippen molar-refractivity contribution >= 4 is 5.69 Å². The first-order chi connectivity index (χ1) is 9.62. The van der Waals surface area contributed by atoms with Crippen LogP contribution >= 0.6 is 0 Å². The SMILES string of the molecule is COc1cc(CNc2ccc(C)c(F)c2)cc(OC)c1. The van der Waals surface area contributed by atoms with Crippen molar-refractivity contribution in [2.24, 2.45) is 0 Å². The molecule has 0 atom stereocenters. The Balaban J connectivity index is 2.11. The van der Waals surface area contributed by atoms with Crippen molar-refractivity contribution in [3.8, 4) is 11.5 Å². The number of hydrogen-bond acceptors (Lipinski definition) is 3. The zero-order chi connectivity index (χ0) is 14.5. The van der Waals surface area contributed by atoms with Crippen LogP contribution in [0.15, 0.2) is 36.4 Å². The predicted octanol–water partition coefficient (Wildman–Crippen LogP) is 3.76. The fourth-order valence-corrected chi connectivity index (χ4v) is 1.88. The highest BCUT2D eigenvalue weighted by atomic mass is 19.1. The third-order valence-corrected chi connectivity index (χ3v) is 3.08. The van der Waals surface area contributed by atoms with E-state index in [0.29, 0.717) is 12.1 Å². The van der Waals surface area contributed by atoms with Gasteiger partial charge in [-0.05, 0) is 42.3 Å². The largest absolute Gasteiger partial charge is 0.497 e. The fraction of sp³-hybridized carbons (Fsp3) is 0.250. The first-order valence-corrected chi connectivity index (χ1v) is 6.34. The monoisotopic (exact) mass is 275 g/mol. The maximum Gasteiger partial charge on any atom is 0.128 e. The van der Waals surface area contributed by atoms with Crippen LogP contribution in [0.5, 0.6) is 11.5 Å². The van der Waals surface area contributed by atoms with Crippen molar-refractivity contribution in [1.29, 1.82) is 0 Å². The van der Waals surface area contributed by atoms with Crippen LogP contribution < -0.4 is 14.8 Å². The number of nitrogens with one attached hydrogen (secondary N) is 1. The maximum atomic E-state index is 13.5. The minimum absolute atomic E-state index is 0.210. The number of ether oxygens (including phenoxy) is 2. The molecule has 2 rings (SSSR count). The molecule has 0 heterocycles. The van der Waals surface area contributed by atoms with Crippen molar-refractivity contribution in [1.82, 2.24) is 0 Å².